The van der Waals surface area contributed by atoms with Crippen molar-refractivity contribution in [2.75, 3.05) is 4.31 Å². The van der Waals surface area contributed by atoms with Crippen molar-refractivity contribution < 1.29 is 8.42 Å². The third-order valence-corrected chi connectivity index (χ3v) is 6.22. The van der Waals surface area contributed by atoms with E-state index in [1.165, 1.54) is 16.4 Å². The number of fused-ring (bicyclic) bond motifs is 1. The van der Waals surface area contributed by atoms with E-state index < -0.39 is 10.0 Å². The number of rotatable bonds is 2. The van der Waals surface area contributed by atoms with E-state index in [0.717, 1.165) is 5.56 Å². The molecule has 0 fully saturated rings. The largest absolute Gasteiger partial charge is 0.266 e. The van der Waals surface area contributed by atoms with Crippen molar-refractivity contribution in [3.05, 3.63) is 58.1 Å². The lowest BCUT2D eigenvalue weighted by molar-refractivity contribution is 0.584. The quantitative estimate of drug-likeness (QED) is 0.823. The van der Waals surface area contributed by atoms with E-state index in [0.29, 0.717) is 17.1 Å². The van der Waals surface area contributed by atoms with Crippen molar-refractivity contribution in [1.82, 2.24) is 0 Å². The number of benzene rings is 2. The topological polar surface area (TPSA) is 37.4 Å². The van der Waals surface area contributed by atoms with Crippen molar-refractivity contribution in [2.45, 2.75) is 24.3 Å². The van der Waals surface area contributed by atoms with E-state index in [1.807, 2.05) is 31.2 Å². The molecule has 0 saturated carbocycles. The van der Waals surface area contributed by atoms with Gasteiger partial charge in [-0.05, 0) is 43.2 Å². The maximum Gasteiger partial charge on any atom is 0.266 e. The van der Waals surface area contributed by atoms with Crippen molar-refractivity contribution in [3.8, 4) is 0 Å². The highest BCUT2D eigenvalue weighted by atomic mass is 35.5. The van der Waals surface area contributed by atoms with Crippen molar-refractivity contribution in [2.24, 2.45) is 0 Å². The van der Waals surface area contributed by atoms with E-state index in [9.17, 15) is 8.42 Å². The zero-order valence-electron chi connectivity index (χ0n) is 11.3. The summed E-state index contributed by atoms with van der Waals surface area (Å²) < 4.78 is 27.4. The Morgan fingerprint density at radius 2 is 1.86 bits per heavy atom. The van der Waals surface area contributed by atoms with Gasteiger partial charge in [0.05, 0.1) is 10.7 Å². The van der Waals surface area contributed by atoms with Gasteiger partial charge < -0.3 is 0 Å². The van der Waals surface area contributed by atoms with Gasteiger partial charge in [-0.1, -0.05) is 41.4 Å². The van der Waals surface area contributed by atoms with Gasteiger partial charge >= 0.3 is 0 Å². The summed E-state index contributed by atoms with van der Waals surface area (Å²) in [5, 5.41) is 0.522. The summed E-state index contributed by atoms with van der Waals surface area (Å²) in [4.78, 5) is 0.0419. The summed E-state index contributed by atoms with van der Waals surface area (Å²) in [6.07, 6.45) is 0.688. The molecule has 0 amide bonds. The third kappa shape index (κ3) is 2.41. The van der Waals surface area contributed by atoms with Crippen LogP contribution in [0.15, 0.2) is 47.4 Å². The summed E-state index contributed by atoms with van der Waals surface area (Å²) in [5.41, 5.74) is 1.73. The molecule has 21 heavy (non-hydrogen) atoms. The molecule has 1 unspecified atom stereocenters. The fraction of sp³-hybridized carbons (Fsp3) is 0.200. The van der Waals surface area contributed by atoms with E-state index in [-0.39, 0.29) is 16.0 Å². The smallest absolute Gasteiger partial charge is 0.263 e. The molecule has 0 bridgehead atoms. The van der Waals surface area contributed by atoms with Crippen LogP contribution in [0, 0.1) is 0 Å². The number of para-hydroxylation sites is 1. The van der Waals surface area contributed by atoms with Crippen molar-refractivity contribution in [1.29, 1.82) is 0 Å². The molecule has 1 atom stereocenters. The first-order valence-electron chi connectivity index (χ1n) is 6.48. The molecule has 0 aromatic heterocycles. The van der Waals surface area contributed by atoms with Gasteiger partial charge in [0, 0.05) is 11.1 Å². The van der Waals surface area contributed by atoms with Gasteiger partial charge in [0.1, 0.15) is 4.90 Å². The maximum absolute atomic E-state index is 13.0. The van der Waals surface area contributed by atoms with Crippen LogP contribution in [0.3, 0.4) is 0 Å². The SMILES string of the molecule is CC1Cc2ccccc2N1S(=O)(=O)c1cc(Cl)ccc1Cl. The molecule has 0 N–H and O–H groups in total. The van der Waals surface area contributed by atoms with Gasteiger partial charge in [-0.25, -0.2) is 8.42 Å². The van der Waals surface area contributed by atoms with Gasteiger partial charge in [-0.3, -0.25) is 4.31 Å². The predicted octanol–water partition coefficient (Wildman–Crippen LogP) is 4.13. The molecule has 2 aromatic carbocycles. The van der Waals surface area contributed by atoms with Gasteiger partial charge in [0.25, 0.3) is 10.0 Å². The Labute approximate surface area is 134 Å². The van der Waals surface area contributed by atoms with E-state index >= 15 is 0 Å². The molecule has 1 heterocycles. The molecule has 2 aromatic rings. The molecule has 1 aliphatic heterocycles. The molecule has 1 aliphatic rings. The fourth-order valence-electron chi connectivity index (χ4n) is 2.68. The molecule has 110 valence electrons. The second kappa shape index (κ2) is 5.20. The van der Waals surface area contributed by atoms with Gasteiger partial charge in [-0.2, -0.15) is 0 Å². The average Bonchev–Trinajstić information content (AvgIpc) is 2.77. The summed E-state index contributed by atoms with van der Waals surface area (Å²) in [6.45, 7) is 1.88. The molecule has 3 rings (SSSR count). The first kappa shape index (κ1) is 14.7. The Kier molecular flexibility index (Phi) is 3.64. The number of hydrogen-bond acceptors (Lipinski definition) is 2. The predicted molar refractivity (Wildman–Crippen MR) is 85.7 cm³/mol. The molecule has 0 radical (unpaired) electrons. The normalized spacial score (nSPS) is 17.9. The van der Waals surface area contributed by atoms with Crippen molar-refractivity contribution >= 4 is 38.9 Å². The monoisotopic (exact) mass is 341 g/mol. The van der Waals surface area contributed by atoms with E-state index in [4.69, 9.17) is 23.2 Å². The summed E-state index contributed by atoms with van der Waals surface area (Å²) in [7, 11) is -3.74. The lowest BCUT2D eigenvalue weighted by Gasteiger charge is -2.25. The lowest BCUT2D eigenvalue weighted by Crippen LogP contribution is -2.35. The second-order valence-electron chi connectivity index (χ2n) is 5.06. The highest BCUT2D eigenvalue weighted by Gasteiger charge is 2.36. The Morgan fingerprint density at radius 1 is 1.14 bits per heavy atom. The minimum Gasteiger partial charge on any atom is -0.263 e. The summed E-state index contributed by atoms with van der Waals surface area (Å²) in [5.74, 6) is 0. The van der Waals surface area contributed by atoms with Crippen LogP contribution in [0.4, 0.5) is 5.69 Å². The summed E-state index contributed by atoms with van der Waals surface area (Å²) >= 11 is 12.0. The number of hydrogen-bond donors (Lipinski definition) is 0. The number of nitrogens with zero attached hydrogens (tertiary/aromatic N) is 1. The first-order chi connectivity index (χ1) is 9.91. The van der Waals surface area contributed by atoms with Crippen LogP contribution in [0.5, 0.6) is 0 Å². The van der Waals surface area contributed by atoms with Gasteiger partial charge in [0.15, 0.2) is 0 Å². The fourth-order valence-corrected chi connectivity index (χ4v) is 5.12. The average molecular weight is 342 g/mol. The molecule has 3 nitrogen and oxygen atoms in total. The first-order valence-corrected chi connectivity index (χ1v) is 8.68. The van der Waals surface area contributed by atoms with E-state index in [2.05, 4.69) is 0 Å². The van der Waals surface area contributed by atoms with E-state index in [1.54, 1.807) is 6.07 Å². The molecular formula is C15H13Cl2NO2S. The minimum atomic E-state index is -3.74. The number of sulfonamides is 1. The molecule has 0 saturated heterocycles. The zero-order chi connectivity index (χ0) is 15.2. The molecule has 0 aliphatic carbocycles. The zero-order valence-corrected chi connectivity index (χ0v) is 13.6. The summed E-state index contributed by atoms with van der Waals surface area (Å²) in [6, 6.07) is 11.8. The van der Waals surface area contributed by atoms with Crippen LogP contribution in [-0.4, -0.2) is 14.5 Å². The Balaban J connectivity index is 2.17. The van der Waals surface area contributed by atoms with Crippen LogP contribution in [-0.2, 0) is 16.4 Å². The Hall–Kier alpha value is -1.23. The van der Waals surface area contributed by atoms with Crippen LogP contribution in [0.25, 0.3) is 0 Å². The van der Waals surface area contributed by atoms with Gasteiger partial charge in [-0.15, -0.1) is 0 Å². The second-order valence-corrected chi connectivity index (χ2v) is 7.68. The van der Waals surface area contributed by atoms with Crippen LogP contribution in [0.1, 0.15) is 12.5 Å². The van der Waals surface area contributed by atoms with Crippen LogP contribution in [0.2, 0.25) is 10.0 Å². The number of anilines is 1. The highest BCUT2D eigenvalue weighted by molar-refractivity contribution is 7.93. The highest BCUT2D eigenvalue weighted by Crippen LogP contribution is 2.38. The van der Waals surface area contributed by atoms with Crippen molar-refractivity contribution in [3.63, 3.8) is 0 Å². The number of halogens is 2. The molecule has 6 heteroatoms. The molecule has 0 spiro atoms. The van der Waals surface area contributed by atoms with Crippen LogP contribution < -0.4 is 4.31 Å². The maximum atomic E-state index is 13.0. The minimum absolute atomic E-state index is 0.0419. The van der Waals surface area contributed by atoms with Gasteiger partial charge in [0.2, 0.25) is 0 Å². The molecular weight excluding hydrogens is 329 g/mol. The standard InChI is InChI=1S/C15H13Cl2NO2S/c1-10-8-11-4-2-3-5-14(11)18(10)21(19,20)15-9-12(16)6-7-13(15)17/h2-7,9-10H,8H2,1H3. The Morgan fingerprint density at radius 3 is 2.62 bits per heavy atom. The third-order valence-electron chi connectivity index (χ3n) is 3.57. The lowest BCUT2D eigenvalue weighted by atomic mass is 10.1. The Bertz CT molecular complexity index is 805. The van der Waals surface area contributed by atoms with Crippen LogP contribution >= 0.6 is 23.2 Å².